The summed E-state index contributed by atoms with van der Waals surface area (Å²) in [6.07, 6.45) is 4.29. The molecule has 5 heteroatoms. The summed E-state index contributed by atoms with van der Waals surface area (Å²) in [7, 11) is 0. The van der Waals surface area contributed by atoms with Crippen LogP contribution in [-0.2, 0) is 14.3 Å². The Labute approximate surface area is 146 Å². The lowest BCUT2D eigenvalue weighted by molar-refractivity contribution is -0.127. The highest BCUT2D eigenvalue weighted by Gasteiger charge is 2.21. The van der Waals surface area contributed by atoms with Gasteiger partial charge in [-0.1, -0.05) is 18.2 Å². The van der Waals surface area contributed by atoms with Crippen LogP contribution in [0.25, 0.3) is 0 Å². The average Bonchev–Trinajstić information content (AvgIpc) is 2.62. The SMILES string of the molecule is [2H]C([2H])(CC1CCN(C(=O)/C=C/OCC)CC1)OC(=O)c1ccccc1. The highest BCUT2D eigenvalue weighted by atomic mass is 16.5. The zero-order valence-electron chi connectivity index (χ0n) is 15.9. The highest BCUT2D eigenvalue weighted by molar-refractivity contribution is 5.89. The Morgan fingerprint density at radius 3 is 2.67 bits per heavy atom. The molecule has 0 radical (unpaired) electrons. The van der Waals surface area contributed by atoms with Gasteiger partial charge in [0.1, 0.15) is 0 Å². The van der Waals surface area contributed by atoms with Gasteiger partial charge in [-0.2, -0.15) is 0 Å². The van der Waals surface area contributed by atoms with Crippen molar-refractivity contribution in [2.24, 2.45) is 5.92 Å². The molecule has 5 nitrogen and oxygen atoms in total. The van der Waals surface area contributed by atoms with E-state index >= 15 is 0 Å². The van der Waals surface area contributed by atoms with Crippen LogP contribution >= 0.6 is 0 Å². The maximum Gasteiger partial charge on any atom is 0.338 e. The number of carbonyl (C=O) groups is 2. The third-order valence-corrected chi connectivity index (χ3v) is 3.95. The minimum Gasteiger partial charge on any atom is -0.501 e. The molecule has 0 unspecified atom stereocenters. The van der Waals surface area contributed by atoms with Gasteiger partial charge in [-0.05, 0) is 44.2 Å². The summed E-state index contributed by atoms with van der Waals surface area (Å²) in [6, 6.07) is 8.39. The largest absolute Gasteiger partial charge is 0.501 e. The Kier molecular flexibility index (Phi) is 6.19. The lowest BCUT2D eigenvalue weighted by Gasteiger charge is -2.31. The van der Waals surface area contributed by atoms with Crippen LogP contribution in [0.5, 0.6) is 0 Å². The second-order valence-corrected chi connectivity index (χ2v) is 5.63. The van der Waals surface area contributed by atoms with E-state index in [0.717, 1.165) is 0 Å². The van der Waals surface area contributed by atoms with E-state index in [1.54, 1.807) is 35.2 Å². The van der Waals surface area contributed by atoms with E-state index in [1.807, 2.05) is 6.92 Å². The van der Waals surface area contributed by atoms with Crippen LogP contribution in [0.15, 0.2) is 42.7 Å². The molecule has 0 N–H and O–H groups in total. The van der Waals surface area contributed by atoms with Gasteiger partial charge < -0.3 is 14.4 Å². The lowest BCUT2D eigenvalue weighted by Crippen LogP contribution is -2.37. The van der Waals surface area contributed by atoms with E-state index in [-0.39, 0.29) is 18.2 Å². The number of ether oxygens (including phenoxy) is 2. The van der Waals surface area contributed by atoms with Crippen molar-refractivity contribution in [1.29, 1.82) is 0 Å². The summed E-state index contributed by atoms with van der Waals surface area (Å²) in [5, 5.41) is 0. The maximum atomic E-state index is 12.0. The third kappa shape index (κ3) is 5.72. The third-order valence-electron chi connectivity index (χ3n) is 3.95. The molecular formula is C19H25NO4. The van der Waals surface area contributed by atoms with Gasteiger partial charge in [-0.25, -0.2) is 4.79 Å². The molecule has 1 saturated heterocycles. The van der Waals surface area contributed by atoms with Crippen LogP contribution in [0.1, 0.15) is 39.3 Å². The Bertz CT molecular complexity index is 626. The quantitative estimate of drug-likeness (QED) is 0.437. The molecule has 1 fully saturated rings. The van der Waals surface area contributed by atoms with Gasteiger partial charge in [0.05, 0.1) is 27.7 Å². The van der Waals surface area contributed by atoms with E-state index < -0.39 is 12.5 Å². The monoisotopic (exact) mass is 333 g/mol. The molecule has 0 aromatic heterocycles. The number of hydrogen-bond donors (Lipinski definition) is 0. The molecular weight excluding hydrogens is 306 g/mol. The number of likely N-dealkylation sites (tertiary alicyclic amines) is 1. The fourth-order valence-electron chi connectivity index (χ4n) is 2.52. The molecule has 1 aliphatic rings. The standard InChI is InChI=1S/C19H25NO4/c1-2-23-14-11-18(21)20-12-8-16(9-13-20)10-15-24-19(22)17-6-4-3-5-7-17/h3-7,11,14,16H,2,8-10,12-13,15H2,1H3/b14-11+/i15D2. The van der Waals surface area contributed by atoms with Crippen molar-refractivity contribution in [2.45, 2.75) is 26.2 Å². The van der Waals surface area contributed by atoms with Crippen LogP contribution < -0.4 is 0 Å². The predicted molar refractivity (Wildman–Crippen MR) is 91.4 cm³/mol. The Morgan fingerprint density at radius 2 is 2.00 bits per heavy atom. The maximum absolute atomic E-state index is 12.0. The van der Waals surface area contributed by atoms with Gasteiger partial charge in [0.15, 0.2) is 0 Å². The van der Waals surface area contributed by atoms with Gasteiger partial charge >= 0.3 is 5.97 Å². The molecule has 0 aliphatic carbocycles. The Balaban J connectivity index is 1.80. The molecule has 0 saturated carbocycles. The average molecular weight is 333 g/mol. The van der Waals surface area contributed by atoms with Gasteiger partial charge in [-0.15, -0.1) is 0 Å². The molecule has 130 valence electrons. The van der Waals surface area contributed by atoms with Crippen LogP contribution in [0.2, 0.25) is 0 Å². The number of amides is 1. The smallest absolute Gasteiger partial charge is 0.338 e. The number of hydrogen-bond acceptors (Lipinski definition) is 4. The van der Waals surface area contributed by atoms with Crippen molar-refractivity contribution in [2.75, 3.05) is 26.3 Å². The van der Waals surface area contributed by atoms with Crippen LogP contribution in [0.4, 0.5) is 0 Å². The zero-order valence-corrected chi connectivity index (χ0v) is 13.9. The van der Waals surface area contributed by atoms with Crippen molar-refractivity contribution >= 4 is 11.9 Å². The number of benzene rings is 1. The Hall–Kier alpha value is -2.30. The van der Waals surface area contributed by atoms with Crippen molar-refractivity contribution in [3.05, 3.63) is 48.2 Å². The summed E-state index contributed by atoms with van der Waals surface area (Å²) < 4.78 is 26.1. The van der Waals surface area contributed by atoms with Crippen molar-refractivity contribution in [1.82, 2.24) is 4.90 Å². The minimum atomic E-state index is -2.03. The first kappa shape index (κ1) is 15.2. The second kappa shape index (κ2) is 9.75. The summed E-state index contributed by atoms with van der Waals surface area (Å²) in [5.74, 6) is -0.701. The van der Waals surface area contributed by atoms with Crippen LogP contribution in [0.3, 0.4) is 0 Å². The van der Waals surface area contributed by atoms with E-state index in [2.05, 4.69) is 0 Å². The summed E-state index contributed by atoms with van der Waals surface area (Å²) in [4.78, 5) is 25.7. The summed E-state index contributed by atoms with van der Waals surface area (Å²) in [5.41, 5.74) is 0.331. The van der Waals surface area contributed by atoms with Crippen molar-refractivity contribution in [3.8, 4) is 0 Å². The lowest BCUT2D eigenvalue weighted by atomic mass is 9.94. The van der Waals surface area contributed by atoms with Gasteiger partial charge in [0.2, 0.25) is 5.91 Å². The van der Waals surface area contributed by atoms with E-state index in [9.17, 15) is 9.59 Å². The first-order chi connectivity index (χ1) is 12.4. The molecule has 2 rings (SSSR count). The normalized spacial score (nSPS) is 17.3. The van der Waals surface area contributed by atoms with Crippen LogP contribution in [-0.4, -0.2) is 43.0 Å². The van der Waals surface area contributed by atoms with E-state index in [4.69, 9.17) is 12.2 Å². The molecule has 1 heterocycles. The Morgan fingerprint density at radius 1 is 1.29 bits per heavy atom. The molecule has 24 heavy (non-hydrogen) atoms. The number of esters is 1. The number of carbonyl (C=O) groups excluding carboxylic acids is 2. The molecule has 0 spiro atoms. The number of rotatable bonds is 7. The highest BCUT2D eigenvalue weighted by Crippen LogP contribution is 2.21. The molecule has 1 aromatic rings. The molecule has 1 aliphatic heterocycles. The van der Waals surface area contributed by atoms with E-state index in [1.165, 1.54) is 12.3 Å². The topological polar surface area (TPSA) is 55.8 Å². The molecule has 1 aromatic carbocycles. The fourth-order valence-corrected chi connectivity index (χ4v) is 2.52. The van der Waals surface area contributed by atoms with Gasteiger partial charge in [-0.3, -0.25) is 4.79 Å². The molecule has 1 amide bonds. The molecule has 0 bridgehead atoms. The minimum absolute atomic E-state index is 0.0634. The number of piperidine rings is 1. The first-order valence-corrected chi connectivity index (χ1v) is 8.27. The van der Waals surface area contributed by atoms with E-state index in [0.29, 0.717) is 38.1 Å². The second-order valence-electron chi connectivity index (χ2n) is 5.63. The van der Waals surface area contributed by atoms with Gasteiger partial charge in [0, 0.05) is 19.2 Å². The van der Waals surface area contributed by atoms with Crippen molar-refractivity contribution in [3.63, 3.8) is 0 Å². The van der Waals surface area contributed by atoms with Gasteiger partial charge in [0.25, 0.3) is 0 Å². The number of nitrogens with zero attached hydrogens (tertiary/aromatic N) is 1. The zero-order chi connectivity index (χ0) is 19.0. The summed E-state index contributed by atoms with van der Waals surface area (Å²) in [6.45, 7) is 1.45. The first-order valence-electron chi connectivity index (χ1n) is 9.27. The predicted octanol–water partition coefficient (Wildman–Crippen LogP) is 3.02. The van der Waals surface area contributed by atoms with Crippen LogP contribution in [0, 0.1) is 5.92 Å². The summed E-state index contributed by atoms with van der Waals surface area (Å²) >= 11 is 0. The van der Waals surface area contributed by atoms with Crippen molar-refractivity contribution < 1.29 is 21.8 Å². The fraction of sp³-hybridized carbons (Fsp3) is 0.474. The molecule has 0 atom stereocenters.